The van der Waals surface area contributed by atoms with Crippen molar-refractivity contribution in [2.45, 2.75) is 13.3 Å². The first kappa shape index (κ1) is 12.8. The summed E-state index contributed by atoms with van der Waals surface area (Å²) in [5.41, 5.74) is 2.27. The van der Waals surface area contributed by atoms with Gasteiger partial charge in [-0.15, -0.1) is 0 Å². The molecule has 0 fully saturated rings. The second kappa shape index (κ2) is 4.71. The van der Waals surface area contributed by atoms with E-state index in [0.29, 0.717) is 17.9 Å². The van der Waals surface area contributed by atoms with E-state index in [9.17, 15) is 13.6 Å². The molecule has 0 saturated heterocycles. The first-order valence-corrected chi connectivity index (χ1v) is 6.43. The van der Waals surface area contributed by atoms with E-state index in [4.69, 9.17) is 0 Å². The summed E-state index contributed by atoms with van der Waals surface area (Å²) >= 11 is 0. The normalized spacial score (nSPS) is 13.4. The van der Waals surface area contributed by atoms with Gasteiger partial charge in [-0.3, -0.25) is 4.79 Å². The number of hydrogen-bond donors (Lipinski definition) is 0. The van der Waals surface area contributed by atoms with Crippen LogP contribution in [0.1, 0.15) is 22.8 Å². The van der Waals surface area contributed by atoms with Gasteiger partial charge in [0.15, 0.2) is 5.78 Å². The first-order chi connectivity index (χ1) is 9.58. The predicted octanol–water partition coefficient (Wildman–Crippen LogP) is 3.86. The lowest BCUT2D eigenvalue weighted by Crippen LogP contribution is -2.17. The van der Waals surface area contributed by atoms with Crippen LogP contribution in [-0.2, 0) is 6.42 Å². The minimum Gasteiger partial charge on any atom is -0.340 e. The maximum absolute atomic E-state index is 13.9. The fourth-order valence-electron chi connectivity index (χ4n) is 2.69. The number of nitrogens with zero attached hydrogens (tertiary/aromatic N) is 1. The van der Waals surface area contributed by atoms with Crippen LogP contribution in [0.5, 0.6) is 0 Å². The lowest BCUT2D eigenvalue weighted by Gasteiger charge is -2.22. The number of ketones is 1. The standard InChI is InChI=1S/C16H13F2NO/c1-10(20)16-13(18)3-2-4-14(16)19-8-7-11-5-6-12(17)9-15(11)19/h2-6,9H,7-8H2,1H3. The van der Waals surface area contributed by atoms with Gasteiger partial charge in [0.25, 0.3) is 0 Å². The number of anilines is 2. The van der Waals surface area contributed by atoms with Gasteiger partial charge in [0, 0.05) is 12.2 Å². The molecule has 20 heavy (non-hydrogen) atoms. The largest absolute Gasteiger partial charge is 0.340 e. The van der Waals surface area contributed by atoms with Crippen molar-refractivity contribution in [1.29, 1.82) is 0 Å². The Balaban J connectivity index is 2.16. The molecule has 0 amide bonds. The Labute approximate surface area is 115 Å². The van der Waals surface area contributed by atoms with Crippen molar-refractivity contribution < 1.29 is 13.6 Å². The van der Waals surface area contributed by atoms with Gasteiger partial charge in [-0.05, 0) is 43.2 Å². The fourth-order valence-corrected chi connectivity index (χ4v) is 2.69. The molecule has 0 spiro atoms. The quantitative estimate of drug-likeness (QED) is 0.774. The molecule has 3 rings (SSSR count). The van der Waals surface area contributed by atoms with Gasteiger partial charge in [-0.2, -0.15) is 0 Å². The van der Waals surface area contributed by atoms with Crippen molar-refractivity contribution in [3.63, 3.8) is 0 Å². The molecular weight excluding hydrogens is 260 g/mol. The van der Waals surface area contributed by atoms with E-state index in [2.05, 4.69) is 0 Å². The molecule has 0 atom stereocenters. The van der Waals surface area contributed by atoms with E-state index in [1.165, 1.54) is 25.1 Å². The molecule has 2 aromatic rings. The molecule has 0 aromatic heterocycles. The maximum atomic E-state index is 13.9. The maximum Gasteiger partial charge on any atom is 0.164 e. The number of carbonyl (C=O) groups excluding carboxylic acids is 1. The summed E-state index contributed by atoms with van der Waals surface area (Å²) in [7, 11) is 0. The minimum absolute atomic E-state index is 0.0598. The Kier molecular flexibility index (Phi) is 3.01. The highest BCUT2D eigenvalue weighted by molar-refractivity contribution is 6.01. The number of halogens is 2. The van der Waals surface area contributed by atoms with Gasteiger partial charge >= 0.3 is 0 Å². The molecule has 1 aliphatic rings. The topological polar surface area (TPSA) is 20.3 Å². The third-order valence-corrected chi connectivity index (χ3v) is 3.58. The smallest absolute Gasteiger partial charge is 0.164 e. The molecule has 0 bridgehead atoms. The van der Waals surface area contributed by atoms with E-state index in [1.54, 1.807) is 23.1 Å². The van der Waals surface area contributed by atoms with Crippen LogP contribution in [0.3, 0.4) is 0 Å². The highest BCUT2D eigenvalue weighted by Crippen LogP contribution is 2.37. The highest BCUT2D eigenvalue weighted by atomic mass is 19.1. The van der Waals surface area contributed by atoms with Crippen LogP contribution in [0, 0.1) is 11.6 Å². The zero-order valence-electron chi connectivity index (χ0n) is 11.0. The zero-order valence-corrected chi connectivity index (χ0v) is 11.0. The molecule has 0 radical (unpaired) electrons. The molecule has 1 aliphatic heterocycles. The van der Waals surface area contributed by atoms with Crippen LogP contribution >= 0.6 is 0 Å². The molecule has 0 saturated carbocycles. The molecule has 4 heteroatoms. The Bertz CT molecular complexity index is 697. The Morgan fingerprint density at radius 2 is 1.95 bits per heavy atom. The number of Topliss-reactive ketones (excluding diaryl/α,β-unsaturated/α-hetero) is 1. The van der Waals surface area contributed by atoms with E-state index in [0.717, 1.165) is 12.0 Å². The van der Waals surface area contributed by atoms with Gasteiger partial charge < -0.3 is 4.90 Å². The Morgan fingerprint density at radius 1 is 1.15 bits per heavy atom. The number of hydrogen-bond acceptors (Lipinski definition) is 2. The first-order valence-electron chi connectivity index (χ1n) is 6.43. The molecule has 0 unspecified atom stereocenters. The zero-order chi connectivity index (χ0) is 14.3. The average molecular weight is 273 g/mol. The van der Waals surface area contributed by atoms with Crippen LogP contribution in [0.15, 0.2) is 36.4 Å². The lowest BCUT2D eigenvalue weighted by molar-refractivity contribution is 0.101. The lowest BCUT2D eigenvalue weighted by atomic mass is 10.1. The summed E-state index contributed by atoms with van der Waals surface area (Å²) in [5.74, 6) is -1.21. The van der Waals surface area contributed by atoms with Crippen molar-refractivity contribution in [3.05, 3.63) is 59.2 Å². The summed E-state index contributed by atoms with van der Waals surface area (Å²) in [6, 6.07) is 9.10. The van der Waals surface area contributed by atoms with Crippen LogP contribution in [0.2, 0.25) is 0 Å². The summed E-state index contributed by atoms with van der Waals surface area (Å²) in [6.07, 6.45) is 0.753. The van der Waals surface area contributed by atoms with Gasteiger partial charge in [-0.25, -0.2) is 8.78 Å². The predicted molar refractivity (Wildman–Crippen MR) is 73.5 cm³/mol. The fraction of sp³-hybridized carbons (Fsp3) is 0.188. The molecule has 0 aliphatic carbocycles. The van der Waals surface area contributed by atoms with Crippen molar-refractivity contribution >= 4 is 17.2 Å². The van der Waals surface area contributed by atoms with Gasteiger partial charge in [0.05, 0.1) is 11.3 Å². The van der Waals surface area contributed by atoms with Crippen molar-refractivity contribution in [1.82, 2.24) is 0 Å². The third kappa shape index (κ3) is 1.97. The number of fused-ring (bicyclic) bond motifs is 1. The van der Waals surface area contributed by atoms with E-state index < -0.39 is 5.82 Å². The van der Waals surface area contributed by atoms with Crippen LogP contribution in [0.4, 0.5) is 20.2 Å². The summed E-state index contributed by atoms with van der Waals surface area (Å²) in [4.78, 5) is 13.5. The SMILES string of the molecule is CC(=O)c1c(F)cccc1N1CCc2ccc(F)cc21. The van der Waals surface area contributed by atoms with E-state index in [-0.39, 0.29) is 17.2 Å². The molecule has 2 nitrogen and oxygen atoms in total. The van der Waals surface area contributed by atoms with Gasteiger partial charge in [0.1, 0.15) is 11.6 Å². The van der Waals surface area contributed by atoms with Crippen LogP contribution < -0.4 is 4.90 Å². The van der Waals surface area contributed by atoms with Crippen LogP contribution in [0.25, 0.3) is 0 Å². The van der Waals surface area contributed by atoms with Gasteiger partial charge in [0.2, 0.25) is 0 Å². The van der Waals surface area contributed by atoms with E-state index in [1.807, 2.05) is 0 Å². The second-order valence-electron chi connectivity index (χ2n) is 4.86. The molecule has 102 valence electrons. The summed E-state index contributed by atoms with van der Waals surface area (Å²) in [5, 5.41) is 0. The highest BCUT2D eigenvalue weighted by Gasteiger charge is 2.25. The second-order valence-corrected chi connectivity index (χ2v) is 4.86. The van der Waals surface area contributed by atoms with Crippen molar-refractivity contribution in [3.8, 4) is 0 Å². The van der Waals surface area contributed by atoms with E-state index >= 15 is 0 Å². The number of benzene rings is 2. The average Bonchev–Trinajstić information content (AvgIpc) is 2.80. The van der Waals surface area contributed by atoms with Crippen molar-refractivity contribution in [2.75, 3.05) is 11.4 Å². The minimum atomic E-state index is -0.542. The van der Waals surface area contributed by atoms with Crippen LogP contribution in [-0.4, -0.2) is 12.3 Å². The third-order valence-electron chi connectivity index (χ3n) is 3.58. The molecule has 0 N–H and O–H groups in total. The van der Waals surface area contributed by atoms with Gasteiger partial charge in [-0.1, -0.05) is 12.1 Å². The Hall–Kier alpha value is -2.23. The molecular formula is C16H13F2NO. The Morgan fingerprint density at radius 3 is 2.70 bits per heavy atom. The number of rotatable bonds is 2. The summed E-state index contributed by atoms with van der Waals surface area (Å²) < 4.78 is 27.3. The number of carbonyl (C=O) groups is 1. The van der Waals surface area contributed by atoms with Crippen molar-refractivity contribution in [2.24, 2.45) is 0 Å². The molecule has 1 heterocycles. The summed E-state index contributed by atoms with van der Waals surface area (Å²) in [6.45, 7) is 1.95. The monoisotopic (exact) mass is 273 g/mol. The molecule has 2 aromatic carbocycles.